The second-order valence-corrected chi connectivity index (χ2v) is 4.89. The van der Waals surface area contributed by atoms with Gasteiger partial charge in [-0.25, -0.2) is 0 Å². The number of carbonyl (C=O) groups is 2. The standard InChI is InChI=1S/C14H28N4O2/c1-3-5-9-13(20)18-11(12(19)7-4-2)8-6-10-17-14(15)16/h11H,3-10H2,1-2H3,(H,18,20)(H4,15,16,17). The van der Waals surface area contributed by atoms with E-state index in [0.717, 1.165) is 19.3 Å². The lowest BCUT2D eigenvalue weighted by Crippen LogP contribution is -2.40. The Morgan fingerprint density at radius 2 is 1.80 bits per heavy atom. The number of ketones is 1. The third-order valence-corrected chi connectivity index (χ3v) is 2.92. The molecule has 0 saturated heterocycles. The molecule has 1 unspecified atom stereocenters. The van der Waals surface area contributed by atoms with E-state index < -0.39 is 6.04 Å². The maximum atomic E-state index is 12.0. The molecule has 0 heterocycles. The molecule has 0 aliphatic heterocycles. The molecular formula is C14H28N4O2. The number of amides is 1. The van der Waals surface area contributed by atoms with Crippen molar-refractivity contribution in [3.63, 3.8) is 0 Å². The van der Waals surface area contributed by atoms with Gasteiger partial charge in [-0.1, -0.05) is 20.3 Å². The van der Waals surface area contributed by atoms with Gasteiger partial charge in [0.2, 0.25) is 5.91 Å². The van der Waals surface area contributed by atoms with E-state index in [1.54, 1.807) is 0 Å². The van der Waals surface area contributed by atoms with E-state index >= 15 is 0 Å². The average molecular weight is 284 g/mol. The zero-order chi connectivity index (χ0) is 15.4. The van der Waals surface area contributed by atoms with Crippen LogP contribution in [0.3, 0.4) is 0 Å². The van der Waals surface area contributed by atoms with Gasteiger partial charge in [-0.3, -0.25) is 14.6 Å². The van der Waals surface area contributed by atoms with Gasteiger partial charge < -0.3 is 16.8 Å². The lowest BCUT2D eigenvalue weighted by atomic mass is 10.0. The summed E-state index contributed by atoms with van der Waals surface area (Å²) in [6.07, 6.45) is 4.80. The number of nitrogens with one attached hydrogen (secondary N) is 1. The van der Waals surface area contributed by atoms with Gasteiger partial charge in [0.15, 0.2) is 11.7 Å². The van der Waals surface area contributed by atoms with Crippen molar-refractivity contribution < 1.29 is 9.59 Å². The molecule has 116 valence electrons. The van der Waals surface area contributed by atoms with E-state index in [0.29, 0.717) is 32.2 Å². The van der Waals surface area contributed by atoms with E-state index in [9.17, 15) is 9.59 Å². The van der Waals surface area contributed by atoms with E-state index in [1.165, 1.54) is 0 Å². The minimum atomic E-state index is -0.409. The van der Waals surface area contributed by atoms with Gasteiger partial charge in [0.1, 0.15) is 0 Å². The van der Waals surface area contributed by atoms with Crippen LogP contribution in [0.15, 0.2) is 4.99 Å². The Bertz CT molecular complexity index is 325. The highest BCUT2D eigenvalue weighted by molar-refractivity contribution is 5.88. The van der Waals surface area contributed by atoms with E-state index in [1.807, 2.05) is 13.8 Å². The molecule has 0 bridgehead atoms. The maximum absolute atomic E-state index is 12.0. The summed E-state index contributed by atoms with van der Waals surface area (Å²) in [5, 5.41) is 2.83. The topological polar surface area (TPSA) is 111 Å². The fraction of sp³-hybridized carbons (Fsp3) is 0.786. The second kappa shape index (κ2) is 11.3. The van der Waals surface area contributed by atoms with Crippen molar-refractivity contribution in [2.45, 2.75) is 64.8 Å². The number of carbonyl (C=O) groups excluding carboxylic acids is 2. The lowest BCUT2D eigenvalue weighted by Gasteiger charge is -2.17. The summed E-state index contributed by atoms with van der Waals surface area (Å²) in [7, 11) is 0. The minimum Gasteiger partial charge on any atom is -0.370 e. The zero-order valence-corrected chi connectivity index (χ0v) is 12.7. The van der Waals surface area contributed by atoms with E-state index in [4.69, 9.17) is 11.5 Å². The first-order chi connectivity index (χ1) is 9.51. The van der Waals surface area contributed by atoms with Gasteiger partial charge in [-0.15, -0.1) is 0 Å². The van der Waals surface area contributed by atoms with Crippen LogP contribution in [-0.2, 0) is 9.59 Å². The zero-order valence-electron chi connectivity index (χ0n) is 12.7. The van der Waals surface area contributed by atoms with Gasteiger partial charge in [-0.05, 0) is 25.7 Å². The third kappa shape index (κ3) is 9.35. The highest BCUT2D eigenvalue weighted by Gasteiger charge is 2.19. The predicted octanol–water partition coefficient (Wildman–Crippen LogP) is 1.08. The van der Waals surface area contributed by atoms with Gasteiger partial charge >= 0.3 is 0 Å². The number of nitrogens with zero attached hydrogens (tertiary/aromatic N) is 1. The molecule has 0 radical (unpaired) electrons. The van der Waals surface area contributed by atoms with Crippen LogP contribution in [0.25, 0.3) is 0 Å². The van der Waals surface area contributed by atoms with Gasteiger partial charge in [0.05, 0.1) is 6.04 Å². The largest absolute Gasteiger partial charge is 0.370 e. The van der Waals surface area contributed by atoms with Crippen molar-refractivity contribution >= 4 is 17.6 Å². The Kier molecular flexibility index (Phi) is 10.4. The predicted molar refractivity (Wildman–Crippen MR) is 81.3 cm³/mol. The summed E-state index contributed by atoms with van der Waals surface area (Å²) in [5.74, 6) is 0.0820. The van der Waals surface area contributed by atoms with Crippen molar-refractivity contribution in [3.05, 3.63) is 0 Å². The Hall–Kier alpha value is -1.59. The van der Waals surface area contributed by atoms with Crippen molar-refractivity contribution in [1.29, 1.82) is 0 Å². The molecule has 0 aliphatic carbocycles. The van der Waals surface area contributed by atoms with Crippen LogP contribution < -0.4 is 16.8 Å². The summed E-state index contributed by atoms with van der Waals surface area (Å²) in [6.45, 7) is 4.46. The molecule has 20 heavy (non-hydrogen) atoms. The smallest absolute Gasteiger partial charge is 0.220 e. The summed E-state index contributed by atoms with van der Waals surface area (Å²) in [5.41, 5.74) is 10.5. The Morgan fingerprint density at radius 1 is 1.10 bits per heavy atom. The molecule has 0 fully saturated rings. The van der Waals surface area contributed by atoms with Crippen molar-refractivity contribution in [1.82, 2.24) is 5.32 Å². The number of unbranched alkanes of at least 4 members (excludes halogenated alkanes) is 1. The molecule has 0 aromatic rings. The van der Waals surface area contributed by atoms with Gasteiger partial charge in [-0.2, -0.15) is 0 Å². The fourth-order valence-corrected chi connectivity index (χ4v) is 1.84. The summed E-state index contributed by atoms with van der Waals surface area (Å²) < 4.78 is 0. The number of hydrogen-bond acceptors (Lipinski definition) is 3. The summed E-state index contributed by atoms with van der Waals surface area (Å²) >= 11 is 0. The number of hydrogen-bond donors (Lipinski definition) is 3. The Labute approximate surface area is 121 Å². The molecule has 6 heteroatoms. The van der Waals surface area contributed by atoms with Crippen molar-refractivity contribution in [2.75, 3.05) is 6.54 Å². The molecule has 0 aromatic carbocycles. The molecule has 0 aromatic heterocycles. The SMILES string of the molecule is CCCCC(=O)NC(CCCN=C(N)N)C(=O)CCC. The molecule has 6 nitrogen and oxygen atoms in total. The summed E-state index contributed by atoms with van der Waals surface area (Å²) in [6, 6.07) is -0.409. The number of nitrogens with two attached hydrogens (primary N) is 2. The average Bonchev–Trinajstić information content (AvgIpc) is 2.39. The molecule has 1 atom stereocenters. The van der Waals surface area contributed by atoms with Crippen LogP contribution in [0.1, 0.15) is 58.8 Å². The molecule has 0 rings (SSSR count). The first kappa shape index (κ1) is 18.4. The second-order valence-electron chi connectivity index (χ2n) is 4.89. The minimum absolute atomic E-state index is 0.0495. The summed E-state index contributed by atoms with van der Waals surface area (Å²) in [4.78, 5) is 27.6. The Morgan fingerprint density at radius 3 is 2.35 bits per heavy atom. The third-order valence-electron chi connectivity index (χ3n) is 2.92. The van der Waals surface area contributed by atoms with E-state index in [-0.39, 0.29) is 17.6 Å². The highest BCUT2D eigenvalue weighted by Crippen LogP contribution is 2.05. The quantitative estimate of drug-likeness (QED) is 0.299. The molecule has 0 aliphatic rings. The van der Waals surface area contributed by atoms with Gasteiger partial charge in [0.25, 0.3) is 0 Å². The number of guanidine groups is 1. The first-order valence-corrected chi connectivity index (χ1v) is 7.38. The van der Waals surface area contributed by atoms with Crippen LogP contribution in [0.5, 0.6) is 0 Å². The number of Topliss-reactive ketones (excluding diaryl/α,β-unsaturated/α-hetero) is 1. The van der Waals surface area contributed by atoms with Crippen LogP contribution in [0.2, 0.25) is 0 Å². The number of aliphatic imine (C=N–C) groups is 1. The van der Waals surface area contributed by atoms with Crippen LogP contribution in [0.4, 0.5) is 0 Å². The number of rotatable bonds is 11. The van der Waals surface area contributed by atoms with E-state index in [2.05, 4.69) is 10.3 Å². The monoisotopic (exact) mass is 284 g/mol. The van der Waals surface area contributed by atoms with Crippen LogP contribution in [-0.4, -0.2) is 30.2 Å². The van der Waals surface area contributed by atoms with Gasteiger partial charge in [0, 0.05) is 19.4 Å². The van der Waals surface area contributed by atoms with Crippen LogP contribution >= 0.6 is 0 Å². The lowest BCUT2D eigenvalue weighted by molar-refractivity contribution is -0.128. The maximum Gasteiger partial charge on any atom is 0.220 e. The van der Waals surface area contributed by atoms with Crippen molar-refractivity contribution in [2.24, 2.45) is 16.5 Å². The normalized spacial score (nSPS) is 11.7. The molecule has 0 saturated carbocycles. The molecule has 5 N–H and O–H groups in total. The molecule has 1 amide bonds. The molecule has 0 spiro atoms. The highest BCUT2D eigenvalue weighted by atomic mass is 16.2. The van der Waals surface area contributed by atoms with Crippen molar-refractivity contribution in [3.8, 4) is 0 Å². The first-order valence-electron chi connectivity index (χ1n) is 7.38. The Balaban J connectivity index is 4.30. The molecular weight excluding hydrogens is 256 g/mol. The fourth-order valence-electron chi connectivity index (χ4n) is 1.84. The van der Waals surface area contributed by atoms with Crippen LogP contribution in [0, 0.1) is 0 Å².